The molecule has 0 aliphatic heterocycles. The summed E-state index contributed by atoms with van der Waals surface area (Å²) >= 11 is 0. The van der Waals surface area contributed by atoms with Crippen molar-refractivity contribution in [3.05, 3.63) is 60.2 Å². The number of carbonyl (C=O) groups excluding carboxylic acids is 1. The molecule has 0 unspecified atom stereocenters. The van der Waals surface area contributed by atoms with Crippen molar-refractivity contribution < 1.29 is 9.53 Å². The highest BCUT2D eigenvalue weighted by molar-refractivity contribution is 5.99. The molecule has 1 amide bonds. The Bertz CT molecular complexity index is 686. The lowest BCUT2D eigenvalue weighted by atomic mass is 9.78. The first-order valence-corrected chi connectivity index (χ1v) is 9.20. The monoisotopic (exact) mass is 337 g/mol. The molecule has 2 aromatic carbocycles. The lowest BCUT2D eigenvalue weighted by Crippen LogP contribution is -2.37. The molecule has 3 rings (SSSR count). The summed E-state index contributed by atoms with van der Waals surface area (Å²) < 4.78 is 5.70. The van der Waals surface area contributed by atoms with E-state index in [9.17, 15) is 4.79 Å². The van der Waals surface area contributed by atoms with E-state index < -0.39 is 5.41 Å². The number of hydrogen-bond donors (Lipinski definition) is 1. The normalized spacial score (nSPS) is 16.0. The fourth-order valence-corrected chi connectivity index (χ4v) is 3.53. The van der Waals surface area contributed by atoms with Crippen LogP contribution in [0.15, 0.2) is 54.6 Å². The van der Waals surface area contributed by atoms with Gasteiger partial charge in [-0.2, -0.15) is 0 Å². The van der Waals surface area contributed by atoms with Crippen molar-refractivity contribution in [3.63, 3.8) is 0 Å². The molecule has 1 saturated carbocycles. The zero-order valence-electron chi connectivity index (χ0n) is 15.1. The highest BCUT2D eigenvalue weighted by atomic mass is 16.5. The van der Waals surface area contributed by atoms with Gasteiger partial charge in [0.25, 0.3) is 0 Å². The predicted octanol–water partition coefficient (Wildman–Crippen LogP) is 5.17. The van der Waals surface area contributed by atoms with E-state index in [1.807, 2.05) is 42.5 Å². The van der Waals surface area contributed by atoms with Gasteiger partial charge in [0.1, 0.15) is 5.75 Å². The van der Waals surface area contributed by atoms with Gasteiger partial charge in [-0.1, -0.05) is 57.0 Å². The fraction of sp³-hybridized carbons (Fsp3) is 0.409. The van der Waals surface area contributed by atoms with Gasteiger partial charge in [0.2, 0.25) is 5.91 Å². The Morgan fingerprint density at radius 3 is 2.28 bits per heavy atom. The van der Waals surface area contributed by atoms with Crippen LogP contribution in [0.2, 0.25) is 0 Å². The first kappa shape index (κ1) is 17.5. The molecule has 1 N–H and O–H groups in total. The number of hydrogen-bond acceptors (Lipinski definition) is 2. The topological polar surface area (TPSA) is 38.3 Å². The van der Waals surface area contributed by atoms with Gasteiger partial charge in [-0.15, -0.1) is 0 Å². The van der Waals surface area contributed by atoms with Crippen molar-refractivity contribution in [3.8, 4) is 5.75 Å². The summed E-state index contributed by atoms with van der Waals surface area (Å²) in [5.74, 6) is 1.44. The van der Waals surface area contributed by atoms with Gasteiger partial charge >= 0.3 is 0 Å². The van der Waals surface area contributed by atoms with Gasteiger partial charge < -0.3 is 10.1 Å². The van der Waals surface area contributed by atoms with Crippen LogP contribution in [0.5, 0.6) is 5.75 Å². The summed E-state index contributed by atoms with van der Waals surface area (Å²) in [7, 11) is 0. The van der Waals surface area contributed by atoms with Crippen LogP contribution >= 0.6 is 0 Å². The van der Waals surface area contributed by atoms with Gasteiger partial charge in [-0.05, 0) is 48.6 Å². The van der Waals surface area contributed by atoms with Crippen LogP contribution in [0.25, 0.3) is 0 Å². The quantitative estimate of drug-likeness (QED) is 0.789. The maximum Gasteiger partial charge on any atom is 0.235 e. The Kier molecular flexibility index (Phi) is 5.42. The van der Waals surface area contributed by atoms with Gasteiger partial charge in [-0.3, -0.25) is 4.79 Å². The molecule has 1 aliphatic rings. The maximum absolute atomic E-state index is 13.1. The van der Waals surface area contributed by atoms with Gasteiger partial charge in [-0.25, -0.2) is 0 Å². The molecule has 25 heavy (non-hydrogen) atoms. The molecule has 3 heteroatoms. The molecule has 0 spiro atoms. The second-order valence-electron chi connectivity index (χ2n) is 7.34. The molecular weight excluding hydrogens is 310 g/mol. The van der Waals surface area contributed by atoms with E-state index in [1.165, 1.54) is 0 Å². The molecule has 0 saturated heterocycles. The lowest BCUT2D eigenvalue weighted by molar-refractivity contribution is -0.121. The number of carbonyl (C=O) groups is 1. The number of amides is 1. The maximum atomic E-state index is 13.1. The van der Waals surface area contributed by atoms with Crippen LogP contribution in [0, 0.1) is 5.92 Å². The van der Waals surface area contributed by atoms with Crippen molar-refractivity contribution in [1.82, 2.24) is 0 Å². The highest BCUT2D eigenvalue weighted by Crippen LogP contribution is 2.42. The van der Waals surface area contributed by atoms with Crippen LogP contribution in [0.3, 0.4) is 0 Å². The molecule has 132 valence electrons. The van der Waals surface area contributed by atoms with Crippen molar-refractivity contribution in [1.29, 1.82) is 0 Å². The molecule has 1 aliphatic carbocycles. The van der Waals surface area contributed by atoms with Gasteiger partial charge in [0.15, 0.2) is 0 Å². The molecular formula is C22H27NO2. The zero-order valence-corrected chi connectivity index (χ0v) is 15.1. The second-order valence-corrected chi connectivity index (χ2v) is 7.34. The summed E-state index contributed by atoms with van der Waals surface area (Å²) in [5, 5.41) is 3.12. The van der Waals surface area contributed by atoms with E-state index in [0.717, 1.165) is 42.7 Å². The Balaban J connectivity index is 1.72. The molecule has 0 bridgehead atoms. The average Bonchev–Trinajstić information content (AvgIpc) is 3.13. The summed E-state index contributed by atoms with van der Waals surface area (Å²) in [6, 6.07) is 17.9. The zero-order chi connectivity index (χ0) is 17.7. The first-order valence-electron chi connectivity index (χ1n) is 9.20. The number of benzene rings is 2. The van der Waals surface area contributed by atoms with Crippen molar-refractivity contribution in [2.75, 3.05) is 11.9 Å². The van der Waals surface area contributed by atoms with Crippen LogP contribution in [0.4, 0.5) is 5.69 Å². The summed E-state index contributed by atoms with van der Waals surface area (Å²) in [5.41, 5.74) is 1.56. The van der Waals surface area contributed by atoms with E-state index >= 15 is 0 Å². The standard InChI is InChI=1S/C22H27NO2/c1-17(2)16-25-20-12-10-19(11-13-20)23-21(24)22(14-6-7-15-22)18-8-4-3-5-9-18/h3-5,8-13,17H,6-7,14-16H2,1-2H3,(H,23,24). The highest BCUT2D eigenvalue weighted by Gasteiger charge is 2.42. The SMILES string of the molecule is CC(C)COc1ccc(NC(=O)C2(c3ccccc3)CCCC2)cc1. The second kappa shape index (κ2) is 7.73. The molecule has 2 aromatic rings. The Morgan fingerprint density at radius 2 is 1.68 bits per heavy atom. The predicted molar refractivity (Wildman–Crippen MR) is 102 cm³/mol. The molecule has 0 aromatic heterocycles. The lowest BCUT2D eigenvalue weighted by Gasteiger charge is -2.28. The summed E-state index contributed by atoms with van der Waals surface area (Å²) in [6.07, 6.45) is 4.03. The van der Waals surface area contributed by atoms with Crippen LogP contribution in [-0.4, -0.2) is 12.5 Å². The Hall–Kier alpha value is -2.29. The van der Waals surface area contributed by atoms with Crippen LogP contribution in [0.1, 0.15) is 45.1 Å². The molecule has 0 atom stereocenters. The van der Waals surface area contributed by atoms with Gasteiger partial charge in [0, 0.05) is 5.69 Å². The number of rotatable bonds is 6. The van der Waals surface area contributed by atoms with E-state index in [2.05, 4.69) is 31.3 Å². The van der Waals surface area contributed by atoms with Gasteiger partial charge in [0.05, 0.1) is 12.0 Å². The fourth-order valence-electron chi connectivity index (χ4n) is 3.53. The summed E-state index contributed by atoms with van der Waals surface area (Å²) in [6.45, 7) is 4.95. The van der Waals surface area contributed by atoms with E-state index in [-0.39, 0.29) is 5.91 Å². The molecule has 0 heterocycles. The van der Waals surface area contributed by atoms with E-state index in [0.29, 0.717) is 12.5 Å². The number of nitrogens with one attached hydrogen (secondary N) is 1. The average molecular weight is 337 g/mol. The minimum absolute atomic E-state index is 0.104. The Morgan fingerprint density at radius 1 is 1.04 bits per heavy atom. The first-order chi connectivity index (χ1) is 12.1. The molecule has 1 fully saturated rings. The number of anilines is 1. The Labute approximate surface area is 150 Å². The van der Waals surface area contributed by atoms with E-state index in [4.69, 9.17) is 4.74 Å². The third-order valence-electron chi connectivity index (χ3n) is 4.91. The molecule has 0 radical (unpaired) electrons. The molecule has 3 nitrogen and oxygen atoms in total. The minimum atomic E-state index is -0.395. The smallest absolute Gasteiger partial charge is 0.235 e. The van der Waals surface area contributed by atoms with Crippen molar-refractivity contribution in [2.45, 2.75) is 44.9 Å². The van der Waals surface area contributed by atoms with Crippen molar-refractivity contribution >= 4 is 11.6 Å². The summed E-state index contributed by atoms with van der Waals surface area (Å²) in [4.78, 5) is 13.1. The largest absolute Gasteiger partial charge is 0.493 e. The third kappa shape index (κ3) is 4.04. The number of ether oxygens (including phenoxy) is 1. The van der Waals surface area contributed by atoms with Crippen molar-refractivity contribution in [2.24, 2.45) is 5.92 Å². The minimum Gasteiger partial charge on any atom is -0.493 e. The third-order valence-corrected chi connectivity index (χ3v) is 4.91. The van der Waals surface area contributed by atoms with Crippen LogP contribution < -0.4 is 10.1 Å². The van der Waals surface area contributed by atoms with E-state index in [1.54, 1.807) is 0 Å². The van der Waals surface area contributed by atoms with Crippen LogP contribution in [-0.2, 0) is 10.2 Å².